The highest BCUT2D eigenvalue weighted by atomic mass is 16.6. The molecule has 0 bridgehead atoms. The highest BCUT2D eigenvalue weighted by Crippen LogP contribution is 2.30. The molecule has 0 radical (unpaired) electrons. The van der Waals surface area contributed by atoms with Crippen LogP contribution in [-0.2, 0) is 20.7 Å². The highest BCUT2D eigenvalue weighted by molar-refractivity contribution is 5.92. The third kappa shape index (κ3) is 7.79. The summed E-state index contributed by atoms with van der Waals surface area (Å²) in [5.41, 5.74) is 2.19. The Labute approximate surface area is 199 Å². The molecule has 0 unspecified atom stereocenters. The molecule has 0 aliphatic heterocycles. The second kappa shape index (κ2) is 11.0. The number of alkyl carbamates (subject to hydrolysis) is 1. The Hall–Kier alpha value is -3.55. The van der Waals surface area contributed by atoms with E-state index in [2.05, 4.69) is 10.6 Å². The summed E-state index contributed by atoms with van der Waals surface area (Å²) in [5, 5.41) is 14.8. The Morgan fingerprint density at radius 2 is 1.65 bits per heavy atom. The van der Waals surface area contributed by atoms with E-state index in [1.807, 2.05) is 51.1 Å². The van der Waals surface area contributed by atoms with Crippen LogP contribution in [0.1, 0.15) is 52.0 Å². The number of aliphatic carboxylic acids is 1. The monoisotopic (exact) mass is 468 g/mol. The number of amides is 2. The van der Waals surface area contributed by atoms with E-state index in [1.165, 1.54) is 0 Å². The molecule has 2 amide bonds. The number of anilines is 1. The van der Waals surface area contributed by atoms with Gasteiger partial charge in [0, 0.05) is 11.6 Å². The summed E-state index contributed by atoms with van der Waals surface area (Å²) in [7, 11) is 0. The second-order valence-corrected chi connectivity index (χ2v) is 9.47. The van der Waals surface area contributed by atoms with Crippen molar-refractivity contribution in [2.75, 3.05) is 5.32 Å². The zero-order valence-corrected chi connectivity index (χ0v) is 19.8. The van der Waals surface area contributed by atoms with Crippen LogP contribution in [0.25, 0.3) is 11.1 Å². The predicted molar refractivity (Wildman–Crippen MR) is 129 cm³/mol. The van der Waals surface area contributed by atoms with E-state index in [9.17, 15) is 14.4 Å². The molecule has 3 rings (SSSR count). The summed E-state index contributed by atoms with van der Waals surface area (Å²) in [5.74, 6) is -0.947. The van der Waals surface area contributed by atoms with E-state index >= 15 is 0 Å². The molecule has 0 aromatic heterocycles. The zero-order chi connectivity index (χ0) is 24.7. The number of carboxylic acid groups (broad SMARTS) is 1. The number of hydrogen-bond donors (Lipinski definition) is 3. The van der Waals surface area contributed by atoms with E-state index in [0.29, 0.717) is 36.9 Å². The molecule has 2 aromatic rings. The van der Waals surface area contributed by atoms with Gasteiger partial charge in [-0.2, -0.15) is 0 Å². The van der Waals surface area contributed by atoms with Gasteiger partial charge in [0.25, 0.3) is 0 Å². The van der Waals surface area contributed by atoms with Crippen molar-refractivity contribution in [3.63, 3.8) is 0 Å². The van der Waals surface area contributed by atoms with Crippen LogP contribution in [0.3, 0.4) is 0 Å². The Bertz CT molecular complexity index is 1010. The average molecular weight is 469 g/mol. The predicted octanol–water partition coefficient (Wildman–Crippen LogP) is 5.37. The number of carbonyl (C=O) groups is 3. The second-order valence-electron chi connectivity index (χ2n) is 9.47. The first-order valence-corrected chi connectivity index (χ1v) is 11.5. The van der Waals surface area contributed by atoms with E-state index < -0.39 is 23.8 Å². The molecule has 0 saturated heterocycles. The smallest absolute Gasteiger partial charge is 0.411 e. The van der Waals surface area contributed by atoms with Crippen molar-refractivity contribution in [3.05, 3.63) is 54.1 Å². The van der Waals surface area contributed by atoms with E-state index in [1.54, 1.807) is 18.2 Å². The van der Waals surface area contributed by atoms with Gasteiger partial charge < -0.3 is 19.9 Å². The fourth-order valence-electron chi connectivity index (χ4n) is 3.94. The van der Waals surface area contributed by atoms with Crippen molar-refractivity contribution in [1.29, 1.82) is 0 Å². The normalized spacial score (nSPS) is 18.0. The van der Waals surface area contributed by atoms with Crippen molar-refractivity contribution in [1.82, 2.24) is 5.32 Å². The molecule has 0 spiro atoms. The molecule has 0 atom stereocenters. The minimum Gasteiger partial charge on any atom is -0.481 e. The van der Waals surface area contributed by atoms with Crippen LogP contribution in [0.2, 0.25) is 0 Å². The number of hydrogen-bond acceptors (Lipinski definition) is 5. The van der Waals surface area contributed by atoms with Crippen LogP contribution < -0.4 is 10.6 Å². The minimum absolute atomic E-state index is 0.0184. The van der Waals surface area contributed by atoms with Crippen LogP contribution in [0.15, 0.2) is 48.5 Å². The van der Waals surface area contributed by atoms with Gasteiger partial charge in [-0.05, 0) is 63.6 Å². The van der Waals surface area contributed by atoms with E-state index in [4.69, 9.17) is 14.6 Å². The molecule has 1 saturated carbocycles. The van der Waals surface area contributed by atoms with Gasteiger partial charge >= 0.3 is 18.2 Å². The summed E-state index contributed by atoms with van der Waals surface area (Å²) >= 11 is 0. The minimum atomic E-state index is -0.947. The lowest BCUT2D eigenvalue weighted by molar-refractivity contribution is -0.136. The van der Waals surface area contributed by atoms with Gasteiger partial charge in [-0.15, -0.1) is 0 Å². The molecule has 1 aliphatic carbocycles. The molecule has 3 N–H and O–H groups in total. The maximum atomic E-state index is 12.7. The van der Waals surface area contributed by atoms with Crippen molar-refractivity contribution in [2.45, 2.75) is 70.6 Å². The number of nitrogens with one attached hydrogen (secondary N) is 2. The van der Waals surface area contributed by atoms with Gasteiger partial charge in [0.2, 0.25) is 0 Å². The summed E-state index contributed by atoms with van der Waals surface area (Å²) < 4.78 is 10.9. The van der Waals surface area contributed by atoms with Crippen LogP contribution in [-0.4, -0.2) is 41.0 Å². The third-order valence-corrected chi connectivity index (χ3v) is 5.43. The standard InChI is InChI=1S/C26H32N2O6/c1-26(2,3)34-25(32)27-19-10-12-20(13-11-19)33-24(31)28-22-15-17(16-23(29)30)9-14-21(22)18-7-5-4-6-8-18/h4-9,14-15,19-20H,10-13,16H2,1-3H3,(H,27,32)(H,28,31)(H,29,30)/t19-,20-. The lowest BCUT2D eigenvalue weighted by Crippen LogP contribution is -2.42. The SMILES string of the molecule is CC(C)(C)OC(=O)N[C@H]1CC[C@H](OC(=O)Nc2cc(CC(=O)O)ccc2-c2ccccc2)CC1. The van der Waals surface area contributed by atoms with Gasteiger partial charge in [0.1, 0.15) is 11.7 Å². The van der Waals surface area contributed by atoms with E-state index in [-0.39, 0.29) is 18.6 Å². The Morgan fingerprint density at radius 3 is 2.26 bits per heavy atom. The summed E-state index contributed by atoms with van der Waals surface area (Å²) in [6.45, 7) is 5.45. The number of carboxylic acids is 1. The van der Waals surface area contributed by atoms with Crippen LogP contribution in [0.5, 0.6) is 0 Å². The highest BCUT2D eigenvalue weighted by Gasteiger charge is 2.27. The third-order valence-electron chi connectivity index (χ3n) is 5.43. The molecule has 8 nitrogen and oxygen atoms in total. The first-order valence-electron chi connectivity index (χ1n) is 11.5. The molecule has 0 heterocycles. The van der Waals surface area contributed by atoms with E-state index in [0.717, 1.165) is 11.1 Å². The maximum absolute atomic E-state index is 12.7. The first-order chi connectivity index (χ1) is 16.1. The van der Waals surface area contributed by atoms with Gasteiger partial charge in [-0.3, -0.25) is 10.1 Å². The van der Waals surface area contributed by atoms with Crippen LogP contribution in [0, 0.1) is 0 Å². The summed E-state index contributed by atoms with van der Waals surface area (Å²) in [4.78, 5) is 35.8. The van der Waals surface area contributed by atoms with Crippen molar-refractivity contribution < 1.29 is 29.0 Å². The summed E-state index contributed by atoms with van der Waals surface area (Å²) in [6.07, 6.45) is 1.17. The Morgan fingerprint density at radius 1 is 0.971 bits per heavy atom. The van der Waals surface area contributed by atoms with Gasteiger partial charge in [0.15, 0.2) is 0 Å². The van der Waals surface area contributed by atoms with Crippen molar-refractivity contribution >= 4 is 23.8 Å². The largest absolute Gasteiger partial charge is 0.481 e. The number of carbonyl (C=O) groups excluding carboxylic acids is 2. The fraction of sp³-hybridized carbons (Fsp3) is 0.423. The molecule has 2 aromatic carbocycles. The first kappa shape index (κ1) is 25.1. The lowest BCUT2D eigenvalue weighted by atomic mass is 9.93. The molecular formula is C26H32N2O6. The van der Waals surface area contributed by atoms with Crippen LogP contribution in [0.4, 0.5) is 15.3 Å². The van der Waals surface area contributed by atoms with Crippen LogP contribution >= 0.6 is 0 Å². The quantitative estimate of drug-likeness (QED) is 0.525. The number of ether oxygens (including phenoxy) is 2. The molecule has 182 valence electrons. The molecule has 8 heteroatoms. The topological polar surface area (TPSA) is 114 Å². The maximum Gasteiger partial charge on any atom is 0.411 e. The Kier molecular flexibility index (Phi) is 8.15. The van der Waals surface area contributed by atoms with Gasteiger partial charge in [-0.1, -0.05) is 42.5 Å². The summed E-state index contributed by atoms with van der Waals surface area (Å²) in [6, 6.07) is 14.7. The van der Waals surface area contributed by atoms with Crippen molar-refractivity contribution in [3.8, 4) is 11.1 Å². The average Bonchev–Trinajstić information content (AvgIpc) is 2.74. The Balaban J connectivity index is 1.59. The molecule has 34 heavy (non-hydrogen) atoms. The van der Waals surface area contributed by atoms with Gasteiger partial charge in [0.05, 0.1) is 12.1 Å². The van der Waals surface area contributed by atoms with Gasteiger partial charge in [-0.25, -0.2) is 9.59 Å². The zero-order valence-electron chi connectivity index (χ0n) is 19.8. The number of rotatable bonds is 6. The molecule has 1 fully saturated rings. The number of benzene rings is 2. The lowest BCUT2D eigenvalue weighted by Gasteiger charge is -2.30. The molecule has 1 aliphatic rings. The fourth-order valence-corrected chi connectivity index (χ4v) is 3.94. The molecular weight excluding hydrogens is 436 g/mol. The van der Waals surface area contributed by atoms with Crippen molar-refractivity contribution in [2.24, 2.45) is 0 Å².